The van der Waals surface area contributed by atoms with Gasteiger partial charge < -0.3 is 15.5 Å². The molecule has 24 heavy (non-hydrogen) atoms. The molecule has 0 radical (unpaired) electrons. The van der Waals surface area contributed by atoms with Crippen molar-refractivity contribution in [1.82, 2.24) is 15.5 Å². The molecule has 0 aliphatic carbocycles. The number of hydrogen-bond acceptors (Lipinski definition) is 3. The number of carbonyl (C=O) groups excluding carboxylic acids is 1. The van der Waals surface area contributed by atoms with Crippen molar-refractivity contribution in [2.75, 3.05) is 23.3 Å². The summed E-state index contributed by atoms with van der Waals surface area (Å²) in [5.41, 5.74) is 4.72. The van der Waals surface area contributed by atoms with Gasteiger partial charge in [0, 0.05) is 18.8 Å². The predicted octanol–water partition coefficient (Wildman–Crippen LogP) is 3.51. The van der Waals surface area contributed by atoms with Crippen LogP contribution in [0.15, 0.2) is 24.3 Å². The Hall–Kier alpha value is -2.50. The van der Waals surface area contributed by atoms with Gasteiger partial charge in [-0.15, -0.1) is 0 Å². The topological polar surface area (TPSA) is 73.0 Å². The Labute approximate surface area is 142 Å². The summed E-state index contributed by atoms with van der Waals surface area (Å²) in [6, 6.07) is 8.13. The first kappa shape index (κ1) is 16.4. The molecule has 0 bridgehead atoms. The molecule has 2 aromatic rings. The molecule has 0 spiro atoms. The maximum absolute atomic E-state index is 12.3. The van der Waals surface area contributed by atoms with E-state index < -0.39 is 0 Å². The number of benzene rings is 1. The Morgan fingerprint density at radius 3 is 2.71 bits per heavy atom. The average Bonchev–Trinajstić information content (AvgIpc) is 3.21. The second-order valence-corrected chi connectivity index (χ2v) is 6.42. The number of nitrogens with one attached hydrogen (secondary N) is 3. The normalized spacial score (nSPS) is 15.4. The van der Waals surface area contributed by atoms with Gasteiger partial charge in [-0.25, -0.2) is 4.79 Å². The Balaban J connectivity index is 1.65. The van der Waals surface area contributed by atoms with Crippen LogP contribution in [0, 0.1) is 13.8 Å². The summed E-state index contributed by atoms with van der Waals surface area (Å²) in [6.45, 7) is 7.98. The first-order valence-electron chi connectivity index (χ1n) is 8.48. The van der Waals surface area contributed by atoms with E-state index in [1.807, 2.05) is 20.8 Å². The highest BCUT2D eigenvalue weighted by molar-refractivity contribution is 5.90. The van der Waals surface area contributed by atoms with Crippen LogP contribution in [0.3, 0.4) is 0 Å². The highest BCUT2D eigenvalue weighted by Gasteiger charge is 2.16. The highest BCUT2D eigenvalue weighted by atomic mass is 16.2. The molecule has 1 unspecified atom stereocenters. The lowest BCUT2D eigenvalue weighted by atomic mass is 10.1. The average molecular weight is 327 g/mol. The van der Waals surface area contributed by atoms with Crippen LogP contribution in [-0.2, 0) is 0 Å². The van der Waals surface area contributed by atoms with Crippen molar-refractivity contribution in [1.29, 1.82) is 0 Å². The summed E-state index contributed by atoms with van der Waals surface area (Å²) in [4.78, 5) is 14.7. The molecule has 1 aromatic heterocycles. The van der Waals surface area contributed by atoms with Crippen LogP contribution in [0.2, 0.25) is 0 Å². The van der Waals surface area contributed by atoms with Crippen LogP contribution >= 0.6 is 0 Å². The lowest BCUT2D eigenvalue weighted by molar-refractivity contribution is 0.249. The fourth-order valence-electron chi connectivity index (χ4n) is 3.13. The van der Waals surface area contributed by atoms with Crippen molar-refractivity contribution >= 4 is 17.4 Å². The fraction of sp³-hybridized carbons (Fsp3) is 0.444. The van der Waals surface area contributed by atoms with Crippen molar-refractivity contribution in [3.63, 3.8) is 0 Å². The standard InChI is InChI=1S/C18H25N5O/c1-12(19-18(24)20-17-13(2)21-22-14(17)3)15-7-6-8-16(11-15)23-9-4-5-10-23/h6-8,11-12H,4-5,9-10H2,1-3H3,(H,21,22)(H2,19,20,24). The van der Waals surface area contributed by atoms with Gasteiger partial charge >= 0.3 is 6.03 Å². The van der Waals surface area contributed by atoms with Crippen LogP contribution in [0.4, 0.5) is 16.2 Å². The first-order valence-corrected chi connectivity index (χ1v) is 8.48. The summed E-state index contributed by atoms with van der Waals surface area (Å²) < 4.78 is 0. The monoisotopic (exact) mass is 327 g/mol. The number of aromatic nitrogens is 2. The number of urea groups is 1. The molecule has 1 fully saturated rings. The summed E-state index contributed by atoms with van der Waals surface area (Å²) in [6.07, 6.45) is 2.51. The number of nitrogens with zero attached hydrogens (tertiary/aromatic N) is 2. The van der Waals surface area contributed by atoms with Gasteiger partial charge in [-0.1, -0.05) is 12.1 Å². The third-order valence-corrected chi connectivity index (χ3v) is 4.56. The minimum Gasteiger partial charge on any atom is -0.372 e. The first-order chi connectivity index (χ1) is 11.5. The van der Waals surface area contributed by atoms with E-state index in [0.717, 1.165) is 35.7 Å². The molecule has 1 aromatic carbocycles. The SMILES string of the molecule is Cc1n[nH]c(C)c1NC(=O)NC(C)c1cccc(N2CCCC2)c1. The Bertz CT molecular complexity index is 698. The molecule has 6 heteroatoms. The number of rotatable bonds is 4. The summed E-state index contributed by atoms with van der Waals surface area (Å²) in [7, 11) is 0. The van der Waals surface area contributed by atoms with Crippen LogP contribution in [0.5, 0.6) is 0 Å². The molecule has 1 saturated heterocycles. The second kappa shape index (κ2) is 6.95. The molecule has 3 N–H and O–H groups in total. The number of carbonyl (C=O) groups is 1. The number of aryl methyl sites for hydroxylation is 2. The van der Waals surface area contributed by atoms with Crippen LogP contribution < -0.4 is 15.5 Å². The molecule has 1 aliphatic heterocycles. The van der Waals surface area contributed by atoms with Gasteiger partial charge in [-0.05, 0) is 51.3 Å². The highest BCUT2D eigenvalue weighted by Crippen LogP contribution is 2.24. The number of amides is 2. The number of anilines is 2. The minimum atomic E-state index is -0.221. The van der Waals surface area contributed by atoms with Crippen LogP contribution in [0.1, 0.15) is 42.8 Å². The smallest absolute Gasteiger partial charge is 0.319 e. The molecule has 128 valence electrons. The van der Waals surface area contributed by atoms with Gasteiger partial charge in [0.1, 0.15) is 0 Å². The van der Waals surface area contributed by atoms with E-state index >= 15 is 0 Å². The van der Waals surface area contributed by atoms with Crippen molar-refractivity contribution in [3.05, 3.63) is 41.2 Å². The van der Waals surface area contributed by atoms with E-state index in [1.54, 1.807) is 0 Å². The quantitative estimate of drug-likeness (QED) is 0.804. The van der Waals surface area contributed by atoms with E-state index in [0.29, 0.717) is 0 Å². The van der Waals surface area contributed by atoms with Gasteiger partial charge in [-0.2, -0.15) is 5.10 Å². The van der Waals surface area contributed by atoms with Crippen LogP contribution in [0.25, 0.3) is 0 Å². The van der Waals surface area contributed by atoms with Gasteiger partial charge in [0.15, 0.2) is 0 Å². The van der Waals surface area contributed by atoms with Gasteiger partial charge in [0.05, 0.1) is 23.1 Å². The summed E-state index contributed by atoms with van der Waals surface area (Å²) in [5.74, 6) is 0. The fourth-order valence-corrected chi connectivity index (χ4v) is 3.13. The molecule has 0 saturated carbocycles. The maximum atomic E-state index is 12.3. The van der Waals surface area contributed by atoms with Crippen LogP contribution in [-0.4, -0.2) is 29.3 Å². The zero-order valence-corrected chi connectivity index (χ0v) is 14.5. The Morgan fingerprint density at radius 1 is 1.29 bits per heavy atom. The number of aromatic amines is 1. The van der Waals surface area contributed by atoms with Gasteiger partial charge in [0.2, 0.25) is 0 Å². The van der Waals surface area contributed by atoms with Gasteiger partial charge in [0.25, 0.3) is 0 Å². The third kappa shape index (κ3) is 3.53. The van der Waals surface area contributed by atoms with E-state index in [-0.39, 0.29) is 12.1 Å². The van der Waals surface area contributed by atoms with Gasteiger partial charge in [-0.3, -0.25) is 5.10 Å². The Kier molecular flexibility index (Phi) is 4.74. The lowest BCUT2D eigenvalue weighted by Gasteiger charge is -2.21. The van der Waals surface area contributed by atoms with Crippen molar-refractivity contribution < 1.29 is 4.79 Å². The third-order valence-electron chi connectivity index (χ3n) is 4.56. The zero-order valence-electron chi connectivity index (χ0n) is 14.5. The van der Waals surface area contributed by atoms with E-state index in [2.05, 4.69) is 50.0 Å². The number of hydrogen-bond donors (Lipinski definition) is 3. The molecule has 1 aliphatic rings. The molecule has 2 heterocycles. The van der Waals surface area contributed by atoms with E-state index in [4.69, 9.17) is 0 Å². The van der Waals surface area contributed by atoms with Crippen molar-refractivity contribution in [3.8, 4) is 0 Å². The second-order valence-electron chi connectivity index (χ2n) is 6.42. The minimum absolute atomic E-state index is 0.0694. The summed E-state index contributed by atoms with van der Waals surface area (Å²) >= 11 is 0. The Morgan fingerprint density at radius 2 is 2.04 bits per heavy atom. The molecule has 6 nitrogen and oxygen atoms in total. The predicted molar refractivity (Wildman–Crippen MR) is 96.5 cm³/mol. The molecular formula is C18H25N5O. The van der Waals surface area contributed by atoms with Crippen molar-refractivity contribution in [2.24, 2.45) is 0 Å². The largest absolute Gasteiger partial charge is 0.372 e. The lowest BCUT2D eigenvalue weighted by Crippen LogP contribution is -2.31. The van der Waals surface area contributed by atoms with Crippen molar-refractivity contribution in [2.45, 2.75) is 39.7 Å². The zero-order chi connectivity index (χ0) is 17.1. The maximum Gasteiger partial charge on any atom is 0.319 e. The van der Waals surface area contributed by atoms with E-state index in [1.165, 1.54) is 18.5 Å². The molecule has 3 rings (SSSR count). The van der Waals surface area contributed by atoms with E-state index in [9.17, 15) is 4.79 Å². The molecule has 1 atom stereocenters. The summed E-state index contributed by atoms with van der Waals surface area (Å²) in [5, 5.41) is 12.8. The number of H-pyrrole nitrogens is 1. The molecular weight excluding hydrogens is 302 g/mol. The molecule has 2 amide bonds.